The van der Waals surface area contributed by atoms with E-state index < -0.39 is 11.7 Å². The van der Waals surface area contributed by atoms with Gasteiger partial charge in [-0.25, -0.2) is 4.39 Å². The second-order valence-electron chi connectivity index (χ2n) is 8.12. The molecule has 0 radical (unpaired) electrons. The standard InChI is InChI=1S/C24H25FN2O6/c1-27-19-8-7-17(12-22(28)31-2)33-21(19)13-32-20-9-6-16(11-18(20)24(27)30)26-23(29)14-4-3-5-15(25)10-14/h3-6,9-11,17,19,21H,7-8,12-13H2,1-2H3,(H,26,29)/t17-,19-,21+/m1/s1. The number of anilines is 1. The Kier molecular flexibility index (Phi) is 6.60. The first-order valence-corrected chi connectivity index (χ1v) is 10.7. The minimum absolute atomic E-state index is 0.155. The molecule has 0 aromatic heterocycles. The molecule has 2 heterocycles. The van der Waals surface area contributed by atoms with Crippen LogP contribution in [0.3, 0.4) is 0 Å². The summed E-state index contributed by atoms with van der Waals surface area (Å²) in [6, 6.07) is 9.91. The van der Waals surface area contributed by atoms with Crippen molar-refractivity contribution in [3.63, 3.8) is 0 Å². The lowest BCUT2D eigenvalue weighted by atomic mass is 9.94. The van der Waals surface area contributed by atoms with E-state index in [-0.39, 0.29) is 48.7 Å². The highest BCUT2D eigenvalue weighted by Crippen LogP contribution is 2.32. The molecular weight excluding hydrogens is 431 g/mol. The minimum Gasteiger partial charge on any atom is -0.490 e. The van der Waals surface area contributed by atoms with Crippen molar-refractivity contribution in [2.24, 2.45) is 0 Å². The molecule has 2 aliphatic rings. The smallest absolute Gasteiger partial charge is 0.308 e. The average molecular weight is 456 g/mol. The zero-order valence-electron chi connectivity index (χ0n) is 18.4. The summed E-state index contributed by atoms with van der Waals surface area (Å²) in [5.41, 5.74) is 0.873. The highest BCUT2D eigenvalue weighted by molar-refractivity contribution is 6.05. The first-order chi connectivity index (χ1) is 15.9. The Morgan fingerprint density at radius 2 is 2.03 bits per heavy atom. The van der Waals surface area contributed by atoms with E-state index in [0.29, 0.717) is 29.8 Å². The summed E-state index contributed by atoms with van der Waals surface area (Å²) < 4.78 is 30.1. The van der Waals surface area contributed by atoms with Crippen molar-refractivity contribution in [3.8, 4) is 5.75 Å². The largest absolute Gasteiger partial charge is 0.490 e. The Labute approximate surface area is 190 Å². The molecule has 8 nitrogen and oxygen atoms in total. The number of likely N-dealkylation sites (N-methyl/N-ethyl adjacent to an activating group) is 1. The molecule has 1 N–H and O–H groups in total. The van der Waals surface area contributed by atoms with Crippen LogP contribution in [0.5, 0.6) is 5.75 Å². The SMILES string of the molecule is COC(=O)C[C@H]1CC[C@@H]2[C@H](COc3ccc(NC(=O)c4cccc(F)c4)cc3C(=O)N2C)O1. The Hall–Kier alpha value is -3.46. The molecule has 2 aromatic carbocycles. The van der Waals surface area contributed by atoms with Crippen molar-refractivity contribution in [1.82, 2.24) is 4.90 Å². The lowest BCUT2D eigenvalue weighted by Gasteiger charge is -2.42. The van der Waals surface area contributed by atoms with E-state index in [1.165, 1.54) is 25.3 Å². The van der Waals surface area contributed by atoms with Crippen LogP contribution in [0.25, 0.3) is 0 Å². The summed E-state index contributed by atoms with van der Waals surface area (Å²) in [4.78, 5) is 39.0. The molecule has 9 heteroatoms. The van der Waals surface area contributed by atoms with Crippen molar-refractivity contribution in [2.75, 3.05) is 26.1 Å². The molecule has 2 amide bonds. The first kappa shape index (κ1) is 22.7. The van der Waals surface area contributed by atoms with Gasteiger partial charge in [0.2, 0.25) is 0 Å². The lowest BCUT2D eigenvalue weighted by Crippen LogP contribution is -2.53. The molecule has 174 valence electrons. The number of hydrogen-bond donors (Lipinski definition) is 1. The van der Waals surface area contributed by atoms with Crippen LogP contribution in [-0.4, -0.2) is 61.7 Å². The van der Waals surface area contributed by atoms with E-state index in [1.807, 2.05) is 0 Å². The molecule has 0 saturated carbocycles. The number of amides is 2. The van der Waals surface area contributed by atoms with Gasteiger partial charge in [0.1, 0.15) is 24.3 Å². The van der Waals surface area contributed by atoms with Crippen LogP contribution >= 0.6 is 0 Å². The van der Waals surface area contributed by atoms with E-state index in [9.17, 15) is 18.8 Å². The van der Waals surface area contributed by atoms with E-state index in [2.05, 4.69) is 5.32 Å². The van der Waals surface area contributed by atoms with Crippen LogP contribution in [0.1, 0.15) is 40.0 Å². The van der Waals surface area contributed by atoms with E-state index in [0.717, 1.165) is 6.07 Å². The maximum absolute atomic E-state index is 13.4. The van der Waals surface area contributed by atoms with Crippen LogP contribution in [0, 0.1) is 5.82 Å². The van der Waals surface area contributed by atoms with Gasteiger partial charge in [-0.3, -0.25) is 14.4 Å². The molecular formula is C24H25FN2O6. The molecule has 4 rings (SSSR count). The summed E-state index contributed by atoms with van der Waals surface area (Å²) in [6.45, 7) is 0.210. The van der Waals surface area contributed by atoms with Crippen LogP contribution in [-0.2, 0) is 14.3 Å². The molecule has 1 saturated heterocycles. The summed E-state index contributed by atoms with van der Waals surface area (Å²) in [6.07, 6.45) is 0.753. The van der Waals surface area contributed by atoms with E-state index >= 15 is 0 Å². The van der Waals surface area contributed by atoms with Gasteiger partial charge in [0, 0.05) is 18.3 Å². The van der Waals surface area contributed by atoms with Crippen LogP contribution in [0.15, 0.2) is 42.5 Å². The Morgan fingerprint density at radius 1 is 1.21 bits per heavy atom. The molecule has 3 atom stereocenters. The average Bonchev–Trinajstić information content (AvgIpc) is 2.81. The third-order valence-electron chi connectivity index (χ3n) is 5.98. The molecule has 2 aliphatic heterocycles. The van der Waals surface area contributed by atoms with Crippen molar-refractivity contribution in [2.45, 2.75) is 37.5 Å². The number of fused-ring (bicyclic) bond motifs is 2. The molecule has 1 fully saturated rings. The van der Waals surface area contributed by atoms with Gasteiger partial charge in [0.15, 0.2) is 0 Å². The quantitative estimate of drug-likeness (QED) is 0.711. The number of carbonyl (C=O) groups excluding carboxylic acids is 3. The molecule has 0 aliphatic carbocycles. The fraction of sp³-hybridized carbons (Fsp3) is 0.375. The number of hydrogen-bond acceptors (Lipinski definition) is 6. The highest BCUT2D eigenvalue weighted by atomic mass is 19.1. The van der Waals surface area contributed by atoms with Gasteiger partial charge < -0.3 is 24.4 Å². The maximum atomic E-state index is 13.4. The molecule has 0 unspecified atom stereocenters. The van der Waals surface area contributed by atoms with Crippen LogP contribution in [0.4, 0.5) is 10.1 Å². The third kappa shape index (κ3) is 4.98. The van der Waals surface area contributed by atoms with Gasteiger partial charge in [-0.05, 0) is 49.2 Å². The van der Waals surface area contributed by atoms with Crippen LogP contribution in [0.2, 0.25) is 0 Å². The molecule has 33 heavy (non-hydrogen) atoms. The monoisotopic (exact) mass is 456 g/mol. The summed E-state index contributed by atoms with van der Waals surface area (Å²) >= 11 is 0. The van der Waals surface area contributed by atoms with Gasteiger partial charge in [0.25, 0.3) is 11.8 Å². The van der Waals surface area contributed by atoms with Gasteiger partial charge in [-0.15, -0.1) is 0 Å². The Balaban J connectivity index is 1.52. The third-order valence-corrected chi connectivity index (χ3v) is 5.98. The predicted octanol–water partition coefficient (Wildman–Crippen LogP) is 3.02. The summed E-state index contributed by atoms with van der Waals surface area (Å²) in [5, 5.41) is 2.69. The second-order valence-corrected chi connectivity index (χ2v) is 8.12. The number of methoxy groups -OCH3 is 1. The lowest BCUT2D eigenvalue weighted by molar-refractivity contribution is -0.151. The number of halogens is 1. The van der Waals surface area contributed by atoms with Crippen LogP contribution < -0.4 is 10.1 Å². The number of carbonyl (C=O) groups is 3. The van der Waals surface area contributed by atoms with Crippen molar-refractivity contribution in [1.29, 1.82) is 0 Å². The van der Waals surface area contributed by atoms with Gasteiger partial charge >= 0.3 is 5.97 Å². The number of nitrogens with zero attached hydrogens (tertiary/aromatic N) is 1. The van der Waals surface area contributed by atoms with Gasteiger partial charge in [0.05, 0.1) is 31.2 Å². The minimum atomic E-state index is -0.510. The normalized spacial score (nSPS) is 22.2. The zero-order valence-corrected chi connectivity index (χ0v) is 18.4. The second kappa shape index (κ2) is 9.58. The number of rotatable bonds is 4. The van der Waals surface area contributed by atoms with Gasteiger partial charge in [-0.1, -0.05) is 6.07 Å². The molecule has 0 spiro atoms. The van der Waals surface area contributed by atoms with Crippen molar-refractivity contribution < 1.29 is 33.0 Å². The maximum Gasteiger partial charge on any atom is 0.308 e. The van der Waals surface area contributed by atoms with Gasteiger partial charge in [-0.2, -0.15) is 0 Å². The van der Waals surface area contributed by atoms with Crippen molar-refractivity contribution in [3.05, 3.63) is 59.4 Å². The first-order valence-electron chi connectivity index (χ1n) is 10.7. The highest BCUT2D eigenvalue weighted by Gasteiger charge is 2.39. The number of ether oxygens (including phenoxy) is 3. The summed E-state index contributed by atoms with van der Waals surface area (Å²) in [7, 11) is 3.04. The molecule has 2 aromatic rings. The Morgan fingerprint density at radius 3 is 2.79 bits per heavy atom. The summed E-state index contributed by atoms with van der Waals surface area (Å²) in [5.74, 6) is -1.24. The fourth-order valence-corrected chi connectivity index (χ4v) is 4.21. The predicted molar refractivity (Wildman–Crippen MR) is 117 cm³/mol. The van der Waals surface area contributed by atoms with E-state index in [1.54, 1.807) is 30.1 Å². The topological polar surface area (TPSA) is 94.2 Å². The number of esters is 1. The van der Waals surface area contributed by atoms with Crippen molar-refractivity contribution >= 4 is 23.5 Å². The fourth-order valence-electron chi connectivity index (χ4n) is 4.21. The van der Waals surface area contributed by atoms with E-state index in [4.69, 9.17) is 14.2 Å². The Bertz CT molecular complexity index is 1070. The number of benzene rings is 2. The molecule has 0 bridgehead atoms. The number of nitrogens with one attached hydrogen (secondary N) is 1. The zero-order chi connectivity index (χ0) is 23.5.